The van der Waals surface area contributed by atoms with Crippen LogP contribution in [0.2, 0.25) is 0 Å². The van der Waals surface area contributed by atoms with Crippen molar-refractivity contribution < 1.29 is 5.11 Å². The van der Waals surface area contributed by atoms with Crippen molar-refractivity contribution in [3.63, 3.8) is 0 Å². The molecule has 0 unspecified atom stereocenters. The fraction of sp³-hybridized carbons (Fsp3) is 0.538. The molecule has 0 saturated heterocycles. The van der Waals surface area contributed by atoms with Crippen molar-refractivity contribution in [2.24, 2.45) is 5.41 Å². The van der Waals surface area contributed by atoms with Crippen molar-refractivity contribution in [3.05, 3.63) is 35.9 Å². The average Bonchev–Trinajstić information content (AvgIpc) is 2.19. The van der Waals surface area contributed by atoms with Gasteiger partial charge in [-0.15, -0.1) is 0 Å². The third kappa shape index (κ3) is 4.96. The van der Waals surface area contributed by atoms with Gasteiger partial charge in [0, 0.05) is 19.7 Å². The molecule has 84 valence electrons. The fourth-order valence-electron chi connectivity index (χ4n) is 1.53. The van der Waals surface area contributed by atoms with E-state index in [9.17, 15) is 0 Å². The molecule has 2 nitrogen and oxygen atoms in total. The molecule has 0 heterocycles. The summed E-state index contributed by atoms with van der Waals surface area (Å²) in [7, 11) is 0. The van der Waals surface area contributed by atoms with Gasteiger partial charge in [-0.1, -0.05) is 44.2 Å². The summed E-state index contributed by atoms with van der Waals surface area (Å²) in [6.45, 7) is 6.43. The van der Waals surface area contributed by atoms with Crippen molar-refractivity contribution in [2.45, 2.75) is 26.8 Å². The number of benzene rings is 1. The minimum atomic E-state index is 0.170. The lowest BCUT2D eigenvalue weighted by Gasteiger charge is -2.23. The van der Waals surface area contributed by atoms with Gasteiger partial charge in [-0.25, -0.2) is 0 Å². The largest absolute Gasteiger partial charge is 0.396 e. The first kappa shape index (κ1) is 12.2. The highest BCUT2D eigenvalue weighted by molar-refractivity contribution is 5.14. The summed E-state index contributed by atoms with van der Waals surface area (Å²) in [5, 5.41) is 12.3. The Hall–Kier alpha value is -0.860. The van der Waals surface area contributed by atoms with Crippen LogP contribution in [-0.4, -0.2) is 18.3 Å². The van der Waals surface area contributed by atoms with Crippen LogP contribution < -0.4 is 5.32 Å². The molecule has 0 aliphatic rings. The molecule has 0 spiro atoms. The summed E-state index contributed by atoms with van der Waals surface area (Å²) in [5.74, 6) is 0. The number of hydrogen-bond donors (Lipinski definition) is 2. The Bertz CT molecular complexity index is 269. The maximum absolute atomic E-state index is 8.89. The van der Waals surface area contributed by atoms with Gasteiger partial charge >= 0.3 is 0 Å². The minimum Gasteiger partial charge on any atom is -0.396 e. The lowest BCUT2D eigenvalue weighted by atomic mass is 9.90. The van der Waals surface area contributed by atoms with E-state index in [-0.39, 0.29) is 12.0 Å². The van der Waals surface area contributed by atoms with E-state index in [2.05, 4.69) is 43.4 Å². The Balaban J connectivity index is 2.27. The molecule has 0 saturated carbocycles. The zero-order valence-electron chi connectivity index (χ0n) is 9.66. The molecular formula is C13H21NO. The highest BCUT2D eigenvalue weighted by atomic mass is 16.3. The van der Waals surface area contributed by atoms with Crippen molar-refractivity contribution in [2.75, 3.05) is 13.2 Å². The summed E-state index contributed by atoms with van der Waals surface area (Å²) >= 11 is 0. The Morgan fingerprint density at radius 2 is 1.87 bits per heavy atom. The Morgan fingerprint density at radius 1 is 1.20 bits per heavy atom. The van der Waals surface area contributed by atoms with Crippen LogP contribution in [-0.2, 0) is 6.54 Å². The molecule has 0 aliphatic carbocycles. The Labute approximate surface area is 92.3 Å². The molecule has 1 aromatic carbocycles. The van der Waals surface area contributed by atoms with E-state index in [0.29, 0.717) is 0 Å². The molecule has 0 bridgehead atoms. The van der Waals surface area contributed by atoms with Crippen molar-refractivity contribution in [1.82, 2.24) is 5.32 Å². The quantitative estimate of drug-likeness (QED) is 0.749. The average molecular weight is 207 g/mol. The molecule has 0 aliphatic heterocycles. The SMILES string of the molecule is CC(C)(CCO)CNCc1ccccc1. The third-order valence-corrected chi connectivity index (χ3v) is 2.56. The van der Waals surface area contributed by atoms with Gasteiger partial charge < -0.3 is 10.4 Å². The number of nitrogens with one attached hydrogen (secondary N) is 1. The van der Waals surface area contributed by atoms with Crippen LogP contribution in [0, 0.1) is 5.41 Å². The molecule has 15 heavy (non-hydrogen) atoms. The molecule has 1 aromatic rings. The molecule has 2 heteroatoms. The lowest BCUT2D eigenvalue weighted by Crippen LogP contribution is -2.29. The van der Waals surface area contributed by atoms with E-state index in [4.69, 9.17) is 5.11 Å². The molecule has 0 radical (unpaired) electrons. The summed E-state index contributed by atoms with van der Waals surface area (Å²) in [4.78, 5) is 0. The topological polar surface area (TPSA) is 32.3 Å². The van der Waals surface area contributed by atoms with E-state index in [1.807, 2.05) is 6.07 Å². The van der Waals surface area contributed by atoms with Crippen LogP contribution in [0.3, 0.4) is 0 Å². The number of rotatable bonds is 6. The number of aliphatic hydroxyl groups excluding tert-OH is 1. The van der Waals surface area contributed by atoms with Gasteiger partial charge in [-0.2, -0.15) is 0 Å². The van der Waals surface area contributed by atoms with Gasteiger partial charge in [-0.3, -0.25) is 0 Å². The highest BCUT2D eigenvalue weighted by Crippen LogP contribution is 2.18. The van der Waals surface area contributed by atoms with Gasteiger partial charge in [-0.05, 0) is 17.4 Å². The summed E-state index contributed by atoms with van der Waals surface area (Å²) < 4.78 is 0. The van der Waals surface area contributed by atoms with E-state index in [1.165, 1.54) is 5.56 Å². The molecule has 2 N–H and O–H groups in total. The van der Waals surface area contributed by atoms with Gasteiger partial charge in [0.1, 0.15) is 0 Å². The van der Waals surface area contributed by atoms with Crippen LogP contribution >= 0.6 is 0 Å². The maximum atomic E-state index is 8.89. The number of aliphatic hydroxyl groups is 1. The van der Waals surface area contributed by atoms with Crippen LogP contribution in [0.5, 0.6) is 0 Å². The predicted octanol–water partition coefficient (Wildman–Crippen LogP) is 2.18. The summed E-state index contributed by atoms with van der Waals surface area (Å²) in [5.41, 5.74) is 1.47. The maximum Gasteiger partial charge on any atom is 0.0436 e. The van der Waals surface area contributed by atoms with E-state index in [0.717, 1.165) is 19.5 Å². The second-order valence-electron chi connectivity index (χ2n) is 4.73. The van der Waals surface area contributed by atoms with Crippen molar-refractivity contribution in [3.8, 4) is 0 Å². The van der Waals surface area contributed by atoms with Crippen molar-refractivity contribution >= 4 is 0 Å². The highest BCUT2D eigenvalue weighted by Gasteiger charge is 2.15. The van der Waals surface area contributed by atoms with E-state index < -0.39 is 0 Å². The summed E-state index contributed by atoms with van der Waals surface area (Å²) in [6, 6.07) is 10.4. The zero-order chi connectivity index (χ0) is 11.1. The Kier molecular flexibility index (Phi) is 4.79. The first-order chi connectivity index (χ1) is 7.14. The van der Waals surface area contributed by atoms with Crippen molar-refractivity contribution in [1.29, 1.82) is 0 Å². The normalized spacial score (nSPS) is 11.7. The number of hydrogen-bond acceptors (Lipinski definition) is 2. The second-order valence-corrected chi connectivity index (χ2v) is 4.73. The van der Waals surface area contributed by atoms with Gasteiger partial charge in [0.2, 0.25) is 0 Å². The molecule has 0 aromatic heterocycles. The van der Waals surface area contributed by atoms with Gasteiger partial charge in [0.25, 0.3) is 0 Å². The lowest BCUT2D eigenvalue weighted by molar-refractivity contribution is 0.207. The smallest absolute Gasteiger partial charge is 0.0436 e. The third-order valence-electron chi connectivity index (χ3n) is 2.56. The molecule has 0 amide bonds. The first-order valence-corrected chi connectivity index (χ1v) is 5.49. The first-order valence-electron chi connectivity index (χ1n) is 5.49. The van der Waals surface area contributed by atoms with E-state index >= 15 is 0 Å². The van der Waals surface area contributed by atoms with Gasteiger partial charge in [0.15, 0.2) is 0 Å². The van der Waals surface area contributed by atoms with Crippen LogP contribution in [0.15, 0.2) is 30.3 Å². The summed E-state index contributed by atoms with van der Waals surface area (Å²) in [6.07, 6.45) is 0.842. The van der Waals surface area contributed by atoms with E-state index in [1.54, 1.807) is 0 Å². The zero-order valence-corrected chi connectivity index (χ0v) is 9.66. The minimum absolute atomic E-state index is 0.170. The van der Waals surface area contributed by atoms with Crippen LogP contribution in [0.1, 0.15) is 25.8 Å². The molecular weight excluding hydrogens is 186 g/mol. The van der Waals surface area contributed by atoms with Gasteiger partial charge in [0.05, 0.1) is 0 Å². The van der Waals surface area contributed by atoms with Crippen LogP contribution in [0.25, 0.3) is 0 Å². The predicted molar refractivity (Wildman–Crippen MR) is 63.6 cm³/mol. The standard InChI is InChI=1S/C13H21NO/c1-13(2,8-9-15)11-14-10-12-6-4-3-5-7-12/h3-7,14-15H,8-11H2,1-2H3. The molecule has 1 rings (SSSR count). The second kappa shape index (κ2) is 5.89. The monoisotopic (exact) mass is 207 g/mol. The molecule has 0 atom stereocenters. The fourth-order valence-corrected chi connectivity index (χ4v) is 1.53. The Morgan fingerprint density at radius 3 is 2.47 bits per heavy atom. The van der Waals surface area contributed by atoms with Crippen LogP contribution in [0.4, 0.5) is 0 Å². The molecule has 0 fully saturated rings.